The summed E-state index contributed by atoms with van der Waals surface area (Å²) in [6, 6.07) is 17.0. The predicted octanol–water partition coefficient (Wildman–Crippen LogP) is 4.85. The lowest BCUT2D eigenvalue weighted by molar-refractivity contribution is 0.102. The molecular formula is C19H17BrN4O. The second-order valence-corrected chi connectivity index (χ2v) is 6.46. The number of benzene rings is 2. The van der Waals surface area contributed by atoms with Gasteiger partial charge in [-0.1, -0.05) is 29.8 Å². The number of nitrogens with zero attached hydrogens (tertiary/aromatic N) is 2. The molecule has 0 atom stereocenters. The zero-order valence-electron chi connectivity index (χ0n) is 13.9. The summed E-state index contributed by atoms with van der Waals surface area (Å²) in [6.07, 6.45) is 0. The number of hydrogen-bond acceptors (Lipinski definition) is 4. The molecule has 2 N–H and O–H groups in total. The first-order chi connectivity index (χ1) is 12.0. The van der Waals surface area contributed by atoms with E-state index in [4.69, 9.17) is 0 Å². The van der Waals surface area contributed by atoms with Crippen LogP contribution in [0.2, 0.25) is 0 Å². The smallest absolute Gasteiger partial charge is 0.274 e. The summed E-state index contributed by atoms with van der Waals surface area (Å²) in [5.74, 6) is 0.809. The lowest BCUT2D eigenvalue weighted by Crippen LogP contribution is -2.15. The highest BCUT2D eigenvalue weighted by molar-refractivity contribution is 9.10. The van der Waals surface area contributed by atoms with Crippen molar-refractivity contribution in [2.24, 2.45) is 0 Å². The maximum atomic E-state index is 12.5. The molecule has 6 heteroatoms. The molecule has 25 heavy (non-hydrogen) atoms. The van der Waals surface area contributed by atoms with Crippen LogP contribution in [0.3, 0.4) is 0 Å². The van der Waals surface area contributed by atoms with E-state index in [1.54, 1.807) is 13.0 Å². The van der Waals surface area contributed by atoms with Crippen LogP contribution in [0, 0.1) is 13.8 Å². The number of anilines is 3. The Morgan fingerprint density at radius 2 is 1.72 bits per heavy atom. The van der Waals surface area contributed by atoms with Crippen molar-refractivity contribution >= 4 is 39.0 Å². The van der Waals surface area contributed by atoms with Crippen LogP contribution >= 0.6 is 15.9 Å². The van der Waals surface area contributed by atoms with E-state index < -0.39 is 0 Å². The van der Waals surface area contributed by atoms with Crippen molar-refractivity contribution in [3.05, 3.63) is 76.2 Å². The molecule has 0 aliphatic rings. The summed E-state index contributed by atoms with van der Waals surface area (Å²) in [5.41, 5.74) is 3.04. The van der Waals surface area contributed by atoms with Crippen molar-refractivity contribution in [1.82, 2.24) is 9.97 Å². The van der Waals surface area contributed by atoms with Crippen molar-refractivity contribution in [3.63, 3.8) is 0 Å². The van der Waals surface area contributed by atoms with Gasteiger partial charge in [-0.25, -0.2) is 9.97 Å². The molecule has 1 aromatic heterocycles. The molecule has 1 heterocycles. The quantitative estimate of drug-likeness (QED) is 0.661. The average Bonchev–Trinajstić information content (AvgIpc) is 2.58. The van der Waals surface area contributed by atoms with Crippen molar-refractivity contribution in [3.8, 4) is 0 Å². The fourth-order valence-corrected chi connectivity index (χ4v) is 2.66. The average molecular weight is 397 g/mol. The number of halogens is 1. The van der Waals surface area contributed by atoms with Gasteiger partial charge < -0.3 is 10.6 Å². The van der Waals surface area contributed by atoms with Crippen LogP contribution in [0.4, 0.5) is 17.2 Å². The molecule has 0 aliphatic heterocycles. The fraction of sp³-hybridized carbons (Fsp3) is 0.105. The third-order valence-electron chi connectivity index (χ3n) is 3.52. The molecule has 0 saturated carbocycles. The van der Waals surface area contributed by atoms with Crippen LogP contribution in [-0.2, 0) is 0 Å². The second-order valence-electron chi connectivity index (χ2n) is 5.61. The van der Waals surface area contributed by atoms with Crippen molar-refractivity contribution < 1.29 is 4.79 Å². The first kappa shape index (κ1) is 17.1. The predicted molar refractivity (Wildman–Crippen MR) is 103 cm³/mol. The number of nitrogens with one attached hydrogen (secondary N) is 2. The van der Waals surface area contributed by atoms with Crippen molar-refractivity contribution in [1.29, 1.82) is 0 Å². The number of aryl methyl sites for hydroxylation is 2. The third kappa shape index (κ3) is 4.42. The van der Waals surface area contributed by atoms with E-state index in [1.807, 2.05) is 55.5 Å². The molecule has 3 rings (SSSR count). The summed E-state index contributed by atoms with van der Waals surface area (Å²) >= 11 is 3.48. The van der Waals surface area contributed by atoms with Crippen LogP contribution in [-0.4, -0.2) is 15.9 Å². The topological polar surface area (TPSA) is 66.9 Å². The second kappa shape index (κ2) is 7.44. The molecule has 126 valence electrons. The number of para-hydroxylation sites is 1. The molecule has 0 saturated heterocycles. The highest BCUT2D eigenvalue weighted by Crippen LogP contribution is 2.24. The van der Waals surface area contributed by atoms with Gasteiger partial charge >= 0.3 is 0 Å². The van der Waals surface area contributed by atoms with Gasteiger partial charge in [0.25, 0.3) is 5.91 Å². The van der Waals surface area contributed by atoms with Gasteiger partial charge in [0.05, 0.1) is 5.69 Å². The Morgan fingerprint density at radius 1 is 1.00 bits per heavy atom. The van der Waals surface area contributed by atoms with Gasteiger partial charge in [0.2, 0.25) is 0 Å². The Labute approximate surface area is 154 Å². The number of carbonyl (C=O) groups is 1. The zero-order chi connectivity index (χ0) is 17.8. The molecule has 1 amide bonds. The SMILES string of the molecule is Cc1ccc(NC(=O)c2cc(Nc3ccccc3Br)nc(C)n2)cc1. The summed E-state index contributed by atoms with van der Waals surface area (Å²) in [6.45, 7) is 3.76. The number of aromatic nitrogens is 2. The van der Waals surface area contributed by atoms with Gasteiger partial charge in [0, 0.05) is 16.2 Å². The van der Waals surface area contributed by atoms with E-state index in [-0.39, 0.29) is 5.91 Å². The van der Waals surface area contributed by atoms with Gasteiger partial charge in [0.1, 0.15) is 17.3 Å². The Kier molecular flexibility index (Phi) is 5.09. The molecule has 5 nitrogen and oxygen atoms in total. The van der Waals surface area contributed by atoms with Crippen molar-refractivity contribution in [2.75, 3.05) is 10.6 Å². The van der Waals surface area contributed by atoms with Crippen LogP contribution in [0.1, 0.15) is 21.9 Å². The van der Waals surface area contributed by atoms with E-state index in [9.17, 15) is 4.79 Å². The number of amides is 1. The number of hydrogen-bond donors (Lipinski definition) is 2. The van der Waals surface area contributed by atoms with E-state index >= 15 is 0 Å². The highest BCUT2D eigenvalue weighted by atomic mass is 79.9. The zero-order valence-corrected chi connectivity index (χ0v) is 15.5. The van der Waals surface area contributed by atoms with Crippen LogP contribution in [0.15, 0.2) is 59.1 Å². The van der Waals surface area contributed by atoms with E-state index in [1.165, 1.54) is 0 Å². The molecule has 0 bridgehead atoms. The lowest BCUT2D eigenvalue weighted by atomic mass is 10.2. The first-order valence-corrected chi connectivity index (χ1v) is 8.56. The standard InChI is InChI=1S/C19H17BrN4O/c1-12-7-9-14(10-8-12)23-19(25)17-11-18(22-13(2)21-17)24-16-6-4-3-5-15(16)20/h3-11H,1-2H3,(H,23,25)(H,21,22,24). The largest absolute Gasteiger partial charge is 0.339 e. The summed E-state index contributed by atoms with van der Waals surface area (Å²) < 4.78 is 0.914. The summed E-state index contributed by atoms with van der Waals surface area (Å²) in [4.78, 5) is 21.1. The van der Waals surface area contributed by atoms with Gasteiger partial charge in [-0.3, -0.25) is 4.79 Å². The minimum atomic E-state index is -0.274. The minimum Gasteiger partial charge on any atom is -0.339 e. The molecular weight excluding hydrogens is 380 g/mol. The maximum absolute atomic E-state index is 12.5. The Bertz CT molecular complexity index is 910. The van der Waals surface area contributed by atoms with Crippen LogP contribution in [0.25, 0.3) is 0 Å². The monoisotopic (exact) mass is 396 g/mol. The third-order valence-corrected chi connectivity index (χ3v) is 4.21. The highest BCUT2D eigenvalue weighted by Gasteiger charge is 2.11. The Hall–Kier alpha value is -2.73. The van der Waals surface area contributed by atoms with Gasteiger partial charge in [-0.2, -0.15) is 0 Å². The van der Waals surface area contributed by atoms with Gasteiger partial charge in [-0.05, 0) is 54.0 Å². The van der Waals surface area contributed by atoms with Gasteiger partial charge in [-0.15, -0.1) is 0 Å². The molecule has 0 fully saturated rings. The normalized spacial score (nSPS) is 10.4. The minimum absolute atomic E-state index is 0.274. The molecule has 3 aromatic rings. The molecule has 0 radical (unpaired) electrons. The van der Waals surface area contributed by atoms with Crippen LogP contribution in [0.5, 0.6) is 0 Å². The molecule has 0 aliphatic carbocycles. The van der Waals surface area contributed by atoms with E-state index in [0.717, 1.165) is 21.4 Å². The summed E-state index contributed by atoms with van der Waals surface area (Å²) in [7, 11) is 0. The molecule has 0 unspecified atom stereocenters. The van der Waals surface area contributed by atoms with Crippen LogP contribution < -0.4 is 10.6 Å². The Balaban J connectivity index is 1.82. The van der Waals surface area contributed by atoms with Crippen molar-refractivity contribution in [2.45, 2.75) is 13.8 Å². The molecule has 0 spiro atoms. The van der Waals surface area contributed by atoms with Gasteiger partial charge in [0.15, 0.2) is 0 Å². The van der Waals surface area contributed by atoms with E-state index in [2.05, 4.69) is 36.5 Å². The summed E-state index contributed by atoms with van der Waals surface area (Å²) in [5, 5.41) is 6.05. The lowest BCUT2D eigenvalue weighted by Gasteiger charge is -2.10. The fourth-order valence-electron chi connectivity index (χ4n) is 2.28. The molecule has 2 aromatic carbocycles. The van der Waals surface area contributed by atoms with E-state index in [0.29, 0.717) is 17.3 Å². The first-order valence-electron chi connectivity index (χ1n) is 7.76. The Morgan fingerprint density at radius 3 is 2.44 bits per heavy atom. The number of rotatable bonds is 4. The maximum Gasteiger partial charge on any atom is 0.274 e. The number of carbonyl (C=O) groups excluding carboxylic acids is 1.